The molecule has 6 heteroatoms. The summed E-state index contributed by atoms with van der Waals surface area (Å²) in [4.78, 5) is 24.5. The van der Waals surface area contributed by atoms with E-state index >= 15 is 0 Å². The molecule has 2 unspecified atom stereocenters. The Balaban J connectivity index is 3.39. The lowest BCUT2D eigenvalue weighted by Gasteiger charge is -2.22. The fourth-order valence-electron chi connectivity index (χ4n) is 10.2. The van der Waals surface area contributed by atoms with Crippen LogP contribution in [0.25, 0.3) is 0 Å². The molecule has 0 aromatic rings. The number of carbonyl (C=O) groups is 2. The van der Waals surface area contributed by atoms with Crippen molar-refractivity contribution in [2.75, 3.05) is 13.2 Å². The highest BCUT2D eigenvalue weighted by Gasteiger charge is 2.20. The first kappa shape index (κ1) is 68.6. The molecule has 1 amide bonds. The second-order valence-corrected chi connectivity index (χ2v) is 22.1. The van der Waals surface area contributed by atoms with Crippen LogP contribution < -0.4 is 5.32 Å². The predicted molar refractivity (Wildman–Crippen MR) is 306 cm³/mol. The highest BCUT2D eigenvalue weighted by Crippen LogP contribution is 2.18. The lowest BCUT2D eigenvalue weighted by atomic mass is 10.0. The quantitative estimate of drug-likeness (QED) is 0.0321. The number of carbonyl (C=O) groups excluding carboxylic acids is 2. The molecule has 0 fully saturated rings. The normalized spacial score (nSPS) is 12.6. The van der Waals surface area contributed by atoms with Crippen LogP contribution in [0.15, 0.2) is 12.2 Å². The van der Waals surface area contributed by atoms with Gasteiger partial charge in [-0.2, -0.15) is 0 Å². The van der Waals surface area contributed by atoms with Gasteiger partial charge in [0, 0.05) is 12.8 Å². The fourth-order valence-corrected chi connectivity index (χ4v) is 10.2. The van der Waals surface area contributed by atoms with Crippen LogP contribution in [-0.2, 0) is 14.3 Å². The van der Waals surface area contributed by atoms with Crippen molar-refractivity contribution >= 4 is 11.9 Å². The van der Waals surface area contributed by atoms with Gasteiger partial charge < -0.3 is 20.3 Å². The van der Waals surface area contributed by atoms with Crippen molar-refractivity contribution < 1.29 is 24.5 Å². The van der Waals surface area contributed by atoms with Crippen LogP contribution in [0.1, 0.15) is 361 Å². The van der Waals surface area contributed by atoms with Crippen LogP contribution in [-0.4, -0.2) is 47.4 Å². The van der Waals surface area contributed by atoms with E-state index in [-0.39, 0.29) is 18.5 Å². The molecule has 2 atom stereocenters. The van der Waals surface area contributed by atoms with Crippen LogP contribution in [0.5, 0.6) is 0 Å². The van der Waals surface area contributed by atoms with E-state index in [9.17, 15) is 19.8 Å². The summed E-state index contributed by atoms with van der Waals surface area (Å²) in [5.74, 6) is -0.0209. The minimum absolute atomic E-state index is 0.0138. The molecule has 0 rings (SSSR count). The van der Waals surface area contributed by atoms with Crippen molar-refractivity contribution in [2.45, 2.75) is 373 Å². The van der Waals surface area contributed by atoms with E-state index in [2.05, 4.69) is 31.3 Å². The molecule has 6 nitrogen and oxygen atoms in total. The first-order valence-corrected chi connectivity index (χ1v) is 31.9. The number of nitrogens with one attached hydrogen (secondary N) is 1. The van der Waals surface area contributed by atoms with Gasteiger partial charge in [0.2, 0.25) is 5.91 Å². The first-order valence-electron chi connectivity index (χ1n) is 31.9. The molecule has 0 aliphatic carbocycles. The van der Waals surface area contributed by atoms with E-state index in [1.54, 1.807) is 0 Å². The summed E-state index contributed by atoms with van der Waals surface area (Å²) in [6, 6.07) is -0.543. The van der Waals surface area contributed by atoms with Gasteiger partial charge in [-0.3, -0.25) is 9.59 Å². The standard InChI is InChI=1S/C64H125NO5/c1-3-5-7-9-11-13-15-16-17-27-30-33-37-40-44-48-52-56-62(67)61(60-66)65-63(68)57-53-49-45-41-38-34-31-28-25-23-21-19-18-20-22-24-26-29-32-35-39-43-47-51-55-59-70-64(69)58-54-50-46-42-36-14-12-10-8-6-4-2/h19,21,61-62,66-67H,3-18,20,22-60H2,1-2H3,(H,65,68)/b21-19-. The number of hydrogen-bond donors (Lipinski definition) is 3. The largest absolute Gasteiger partial charge is 0.466 e. The third kappa shape index (κ3) is 55.9. The Labute approximate surface area is 438 Å². The topological polar surface area (TPSA) is 95.9 Å². The Hall–Kier alpha value is -1.40. The summed E-state index contributed by atoms with van der Waals surface area (Å²) in [7, 11) is 0. The molecule has 3 N–H and O–H groups in total. The third-order valence-electron chi connectivity index (χ3n) is 15.1. The van der Waals surface area contributed by atoms with Gasteiger partial charge in [0.1, 0.15) is 0 Å². The second kappa shape index (κ2) is 60.2. The van der Waals surface area contributed by atoms with E-state index in [4.69, 9.17) is 4.74 Å². The summed E-state index contributed by atoms with van der Waals surface area (Å²) in [5.41, 5.74) is 0. The van der Waals surface area contributed by atoms with Gasteiger partial charge in [-0.25, -0.2) is 0 Å². The van der Waals surface area contributed by atoms with E-state index < -0.39 is 12.1 Å². The molecule has 416 valence electrons. The van der Waals surface area contributed by atoms with Crippen LogP contribution in [0.3, 0.4) is 0 Å². The summed E-state index contributed by atoms with van der Waals surface area (Å²) < 4.78 is 5.47. The van der Waals surface area contributed by atoms with Crippen LogP contribution >= 0.6 is 0 Å². The smallest absolute Gasteiger partial charge is 0.305 e. The van der Waals surface area contributed by atoms with Crippen LogP contribution in [0.4, 0.5) is 0 Å². The number of amides is 1. The minimum Gasteiger partial charge on any atom is -0.466 e. The van der Waals surface area contributed by atoms with Crippen molar-refractivity contribution in [2.24, 2.45) is 0 Å². The molecule has 0 aliphatic heterocycles. The number of unbranched alkanes of at least 4 members (excludes halogenated alkanes) is 47. The first-order chi connectivity index (χ1) is 34.5. The van der Waals surface area contributed by atoms with E-state index in [0.717, 1.165) is 38.5 Å². The molecule has 70 heavy (non-hydrogen) atoms. The lowest BCUT2D eigenvalue weighted by molar-refractivity contribution is -0.143. The number of esters is 1. The molecule has 0 spiro atoms. The fraction of sp³-hybridized carbons (Fsp3) is 0.938. The van der Waals surface area contributed by atoms with Crippen molar-refractivity contribution in [3.05, 3.63) is 12.2 Å². The summed E-state index contributed by atoms with van der Waals surface area (Å²) >= 11 is 0. The SMILES string of the molecule is CCCCCCCCCCCCCCCCCCCC(O)C(CO)NC(=O)CCCCCCCCCCC/C=C\CCCCCCCCCCCCCCOC(=O)CCCCCCCCCCCCC. The van der Waals surface area contributed by atoms with Crippen molar-refractivity contribution in [3.63, 3.8) is 0 Å². The van der Waals surface area contributed by atoms with Crippen molar-refractivity contribution in [1.82, 2.24) is 5.32 Å². The molecule has 0 bridgehead atoms. The molecule has 0 heterocycles. The molecule has 0 saturated heterocycles. The number of rotatable bonds is 60. The van der Waals surface area contributed by atoms with E-state index in [1.807, 2.05) is 0 Å². The molecular weight excluding hydrogens is 863 g/mol. The Morgan fingerprint density at radius 3 is 1.01 bits per heavy atom. The van der Waals surface area contributed by atoms with Gasteiger partial charge in [-0.1, -0.05) is 309 Å². The molecular formula is C64H125NO5. The van der Waals surface area contributed by atoms with E-state index in [0.29, 0.717) is 25.9 Å². The number of allylic oxidation sites excluding steroid dienone is 2. The monoisotopic (exact) mass is 988 g/mol. The Kier molecular flexibility index (Phi) is 59.0. The third-order valence-corrected chi connectivity index (χ3v) is 15.1. The second-order valence-electron chi connectivity index (χ2n) is 22.1. The Morgan fingerprint density at radius 1 is 0.386 bits per heavy atom. The van der Waals surface area contributed by atoms with Gasteiger partial charge in [0.15, 0.2) is 0 Å². The van der Waals surface area contributed by atoms with Crippen LogP contribution in [0.2, 0.25) is 0 Å². The summed E-state index contributed by atoms with van der Waals surface area (Å²) in [5, 5.41) is 23.3. The number of ether oxygens (including phenoxy) is 1. The zero-order valence-electron chi connectivity index (χ0n) is 47.5. The maximum atomic E-state index is 12.5. The summed E-state index contributed by atoms with van der Waals surface area (Å²) in [6.07, 6.45) is 72.3. The van der Waals surface area contributed by atoms with E-state index in [1.165, 1.54) is 289 Å². The van der Waals surface area contributed by atoms with Gasteiger partial charge >= 0.3 is 5.97 Å². The van der Waals surface area contributed by atoms with Gasteiger partial charge in [0.25, 0.3) is 0 Å². The summed E-state index contributed by atoms with van der Waals surface area (Å²) in [6.45, 7) is 4.98. The number of aliphatic hydroxyl groups is 2. The maximum Gasteiger partial charge on any atom is 0.305 e. The molecule has 0 aromatic heterocycles. The van der Waals surface area contributed by atoms with Crippen molar-refractivity contribution in [1.29, 1.82) is 0 Å². The maximum absolute atomic E-state index is 12.5. The average molecular weight is 989 g/mol. The molecule has 0 aliphatic rings. The van der Waals surface area contributed by atoms with Gasteiger partial charge in [-0.15, -0.1) is 0 Å². The highest BCUT2D eigenvalue weighted by molar-refractivity contribution is 5.76. The lowest BCUT2D eigenvalue weighted by Crippen LogP contribution is -2.45. The zero-order chi connectivity index (χ0) is 50.7. The van der Waals surface area contributed by atoms with Crippen LogP contribution in [0, 0.1) is 0 Å². The van der Waals surface area contributed by atoms with Gasteiger partial charge in [-0.05, 0) is 51.4 Å². The molecule has 0 saturated carbocycles. The molecule has 0 aromatic carbocycles. The average Bonchev–Trinajstić information content (AvgIpc) is 3.36. The number of hydrogen-bond acceptors (Lipinski definition) is 5. The number of aliphatic hydroxyl groups excluding tert-OH is 2. The Bertz CT molecular complexity index is 1050. The molecule has 0 radical (unpaired) electrons. The Morgan fingerprint density at radius 2 is 0.671 bits per heavy atom. The van der Waals surface area contributed by atoms with Gasteiger partial charge in [0.05, 0.1) is 25.4 Å². The minimum atomic E-state index is -0.665. The van der Waals surface area contributed by atoms with Crippen molar-refractivity contribution in [3.8, 4) is 0 Å². The predicted octanol–water partition coefficient (Wildman–Crippen LogP) is 20.0. The zero-order valence-corrected chi connectivity index (χ0v) is 47.5. The highest BCUT2D eigenvalue weighted by atomic mass is 16.5.